The summed E-state index contributed by atoms with van der Waals surface area (Å²) in [6.45, 7) is 0. The van der Waals surface area contributed by atoms with Gasteiger partial charge in [0.05, 0.1) is 22.5 Å². The van der Waals surface area contributed by atoms with Crippen molar-refractivity contribution in [1.82, 2.24) is 4.98 Å². The summed E-state index contributed by atoms with van der Waals surface area (Å²) in [5.74, 6) is 0.701. The second kappa shape index (κ2) is 8.46. The fraction of sp³-hybridized carbons (Fsp3) is 0.360. The minimum absolute atomic E-state index is 0.0751. The fourth-order valence-electron chi connectivity index (χ4n) is 4.97. The molecule has 0 unspecified atom stereocenters. The minimum Gasteiger partial charge on any atom is -0.353 e. The zero-order chi connectivity index (χ0) is 21.2. The lowest BCUT2D eigenvalue weighted by Crippen LogP contribution is -2.11. The normalized spacial score (nSPS) is 18.6. The van der Waals surface area contributed by atoms with Gasteiger partial charge in [0.15, 0.2) is 0 Å². The number of nitro benzene ring substituents is 1. The molecule has 1 fully saturated rings. The molecule has 2 aliphatic rings. The van der Waals surface area contributed by atoms with E-state index in [9.17, 15) is 10.1 Å². The first-order valence-corrected chi connectivity index (χ1v) is 11.2. The van der Waals surface area contributed by atoms with Gasteiger partial charge in [0.1, 0.15) is 0 Å². The Bertz CT molecular complexity index is 1170. The third kappa shape index (κ3) is 4.02. The van der Waals surface area contributed by atoms with Crippen molar-refractivity contribution in [2.45, 2.75) is 57.3 Å². The molecule has 31 heavy (non-hydrogen) atoms. The maximum Gasteiger partial charge on any atom is 0.269 e. The second-order valence-corrected chi connectivity index (χ2v) is 8.61. The zero-order valence-corrected chi connectivity index (χ0v) is 17.5. The van der Waals surface area contributed by atoms with Crippen molar-refractivity contribution >= 4 is 28.5 Å². The number of nitrogens with zero attached hydrogens (tertiary/aromatic N) is 3. The van der Waals surface area contributed by atoms with Crippen molar-refractivity contribution in [1.29, 1.82) is 0 Å². The van der Waals surface area contributed by atoms with E-state index >= 15 is 0 Å². The first-order valence-electron chi connectivity index (χ1n) is 11.2. The van der Waals surface area contributed by atoms with Crippen molar-refractivity contribution in [3.63, 3.8) is 0 Å². The number of non-ortho nitro benzene ring substituents is 1. The average molecular weight is 415 g/mol. The molecule has 1 aromatic heterocycles. The van der Waals surface area contributed by atoms with Gasteiger partial charge in [-0.1, -0.05) is 25.3 Å². The largest absolute Gasteiger partial charge is 0.353 e. The van der Waals surface area contributed by atoms with Gasteiger partial charge >= 0.3 is 0 Å². The molecule has 0 bridgehead atoms. The predicted molar refractivity (Wildman–Crippen MR) is 124 cm³/mol. The maximum absolute atomic E-state index is 10.8. The number of aromatic nitrogens is 1. The summed E-state index contributed by atoms with van der Waals surface area (Å²) >= 11 is 0. The highest BCUT2D eigenvalue weighted by Gasteiger charge is 2.22. The molecule has 0 atom stereocenters. The average Bonchev–Trinajstić information content (AvgIpc) is 3.19. The standard InChI is InChI=1S/C25H26N4O2/c30-29(31)20-12-9-17(10-13-20)16-26-28-24-8-4-7-21-22-15-19(18-5-2-1-3-6-18)11-14-23(22)27-25(21)24/h9-16,18,27H,1-8H2/b26-16-,28-24-. The Balaban J connectivity index is 1.41. The second-order valence-electron chi connectivity index (χ2n) is 8.61. The number of aryl methyl sites for hydroxylation is 1. The number of nitro groups is 1. The summed E-state index contributed by atoms with van der Waals surface area (Å²) in [4.78, 5) is 14.0. The number of hydrogen-bond donors (Lipinski definition) is 1. The third-order valence-electron chi connectivity index (χ3n) is 6.62. The van der Waals surface area contributed by atoms with Crippen LogP contribution >= 0.6 is 0 Å². The summed E-state index contributed by atoms with van der Waals surface area (Å²) in [5.41, 5.74) is 6.99. The Kier molecular flexibility index (Phi) is 5.37. The lowest BCUT2D eigenvalue weighted by molar-refractivity contribution is -0.384. The minimum atomic E-state index is -0.402. The van der Waals surface area contributed by atoms with Crippen LogP contribution < -0.4 is 0 Å². The van der Waals surface area contributed by atoms with Crippen LogP contribution in [0.3, 0.4) is 0 Å². The Morgan fingerprint density at radius 1 is 1.00 bits per heavy atom. The number of fused-ring (bicyclic) bond motifs is 3. The zero-order valence-electron chi connectivity index (χ0n) is 17.5. The van der Waals surface area contributed by atoms with E-state index in [0.29, 0.717) is 5.92 Å². The molecule has 2 aromatic carbocycles. The van der Waals surface area contributed by atoms with Crippen molar-refractivity contribution in [2.75, 3.05) is 0 Å². The van der Waals surface area contributed by atoms with Crippen LogP contribution in [0.5, 0.6) is 0 Å². The molecule has 2 aliphatic carbocycles. The van der Waals surface area contributed by atoms with E-state index in [-0.39, 0.29) is 5.69 Å². The quantitative estimate of drug-likeness (QED) is 0.309. The molecule has 6 heteroatoms. The van der Waals surface area contributed by atoms with Gasteiger partial charge in [0.2, 0.25) is 0 Å². The van der Waals surface area contributed by atoms with Crippen molar-refractivity contribution in [2.24, 2.45) is 10.2 Å². The Labute approximate surface area is 181 Å². The van der Waals surface area contributed by atoms with E-state index in [2.05, 4.69) is 33.4 Å². The Morgan fingerprint density at radius 2 is 1.81 bits per heavy atom. The number of aromatic amines is 1. The maximum atomic E-state index is 10.8. The molecular weight excluding hydrogens is 388 g/mol. The SMILES string of the molecule is O=[N+]([O-])c1ccc(/C=N\N=C2\CCCc3c2[nH]c2ccc(C4CCCCC4)cc32)cc1. The van der Waals surface area contributed by atoms with E-state index in [1.165, 1.54) is 66.3 Å². The lowest BCUT2D eigenvalue weighted by Gasteiger charge is -2.22. The Morgan fingerprint density at radius 3 is 2.58 bits per heavy atom. The summed E-state index contributed by atoms with van der Waals surface area (Å²) in [6, 6.07) is 13.3. The summed E-state index contributed by atoms with van der Waals surface area (Å²) in [5, 5.41) is 20.9. The first-order chi connectivity index (χ1) is 15.2. The van der Waals surface area contributed by atoms with Crippen LogP contribution in [0.2, 0.25) is 0 Å². The van der Waals surface area contributed by atoms with Gasteiger partial charge in [-0.25, -0.2) is 0 Å². The van der Waals surface area contributed by atoms with Crippen LogP contribution in [0.4, 0.5) is 5.69 Å². The van der Waals surface area contributed by atoms with Gasteiger partial charge in [-0.3, -0.25) is 10.1 Å². The van der Waals surface area contributed by atoms with Crippen LogP contribution in [-0.2, 0) is 6.42 Å². The number of H-pyrrole nitrogens is 1. The fourth-order valence-corrected chi connectivity index (χ4v) is 4.97. The van der Waals surface area contributed by atoms with Gasteiger partial charge in [-0.05, 0) is 79.0 Å². The van der Waals surface area contributed by atoms with Crippen molar-refractivity contribution in [3.05, 3.63) is 75.0 Å². The van der Waals surface area contributed by atoms with Gasteiger partial charge < -0.3 is 4.98 Å². The van der Waals surface area contributed by atoms with E-state index in [4.69, 9.17) is 0 Å². The highest BCUT2D eigenvalue weighted by Crippen LogP contribution is 2.36. The van der Waals surface area contributed by atoms with Crippen LogP contribution in [0, 0.1) is 10.1 Å². The van der Waals surface area contributed by atoms with Gasteiger partial charge in [0.25, 0.3) is 5.69 Å². The summed E-state index contributed by atoms with van der Waals surface area (Å²) in [6.07, 6.45) is 11.4. The molecule has 0 amide bonds. The Hall–Kier alpha value is -3.28. The highest BCUT2D eigenvalue weighted by molar-refractivity contribution is 6.06. The summed E-state index contributed by atoms with van der Waals surface area (Å²) in [7, 11) is 0. The van der Waals surface area contributed by atoms with Crippen molar-refractivity contribution < 1.29 is 4.92 Å². The van der Waals surface area contributed by atoms with E-state index in [1.54, 1.807) is 18.3 Å². The molecule has 5 rings (SSSR count). The smallest absolute Gasteiger partial charge is 0.269 e. The van der Waals surface area contributed by atoms with Crippen LogP contribution in [0.15, 0.2) is 52.7 Å². The van der Waals surface area contributed by atoms with Gasteiger partial charge in [0, 0.05) is 23.0 Å². The van der Waals surface area contributed by atoms with E-state index < -0.39 is 4.92 Å². The monoisotopic (exact) mass is 414 g/mol. The highest BCUT2D eigenvalue weighted by atomic mass is 16.6. The molecule has 0 spiro atoms. The molecule has 1 heterocycles. The molecule has 1 N–H and O–H groups in total. The van der Waals surface area contributed by atoms with Crippen LogP contribution in [0.1, 0.15) is 73.2 Å². The summed E-state index contributed by atoms with van der Waals surface area (Å²) < 4.78 is 0. The topological polar surface area (TPSA) is 83.7 Å². The predicted octanol–water partition coefficient (Wildman–Crippen LogP) is 6.28. The lowest BCUT2D eigenvalue weighted by atomic mass is 9.83. The number of benzene rings is 2. The molecule has 3 aromatic rings. The molecule has 1 saturated carbocycles. The number of hydrogen-bond acceptors (Lipinski definition) is 4. The van der Waals surface area contributed by atoms with Crippen LogP contribution in [0.25, 0.3) is 10.9 Å². The molecular formula is C25H26N4O2. The van der Waals surface area contributed by atoms with Crippen LogP contribution in [-0.4, -0.2) is 21.8 Å². The third-order valence-corrected chi connectivity index (χ3v) is 6.62. The number of rotatable bonds is 4. The van der Waals surface area contributed by atoms with E-state index in [0.717, 1.165) is 36.2 Å². The molecule has 0 saturated heterocycles. The molecule has 6 nitrogen and oxygen atoms in total. The van der Waals surface area contributed by atoms with Gasteiger partial charge in [-0.2, -0.15) is 10.2 Å². The molecule has 158 valence electrons. The van der Waals surface area contributed by atoms with Crippen molar-refractivity contribution in [3.8, 4) is 0 Å². The van der Waals surface area contributed by atoms with Gasteiger partial charge in [-0.15, -0.1) is 0 Å². The molecule has 0 aliphatic heterocycles. The number of nitrogens with one attached hydrogen (secondary N) is 1. The van der Waals surface area contributed by atoms with E-state index in [1.807, 2.05) is 0 Å². The first kappa shape index (κ1) is 19.7. The molecule has 0 radical (unpaired) electrons.